The third kappa shape index (κ3) is 5.16. The first-order chi connectivity index (χ1) is 16.5. The number of nitrogens with one attached hydrogen (secondary N) is 2. The Morgan fingerprint density at radius 2 is 1.97 bits per heavy atom. The number of carbonyl (C=O) groups excluding carboxylic acids is 1. The van der Waals surface area contributed by atoms with E-state index in [1.54, 1.807) is 11.8 Å². The second-order valence-electron chi connectivity index (χ2n) is 8.36. The summed E-state index contributed by atoms with van der Waals surface area (Å²) in [4.78, 5) is 21.7. The number of nitrogens with zero attached hydrogens (tertiary/aromatic N) is 5. The second kappa shape index (κ2) is 11.1. The van der Waals surface area contributed by atoms with E-state index in [-0.39, 0.29) is 12.3 Å². The molecule has 10 nitrogen and oxygen atoms in total. The number of thioether (sulfide) groups is 1. The molecule has 182 valence electrons. The monoisotopic (exact) mass is 485 g/mol. The van der Waals surface area contributed by atoms with Crippen LogP contribution in [0.4, 0.5) is 5.82 Å². The van der Waals surface area contributed by atoms with Crippen molar-refractivity contribution in [3.8, 4) is 0 Å². The van der Waals surface area contributed by atoms with Gasteiger partial charge in [0.2, 0.25) is 5.91 Å². The summed E-state index contributed by atoms with van der Waals surface area (Å²) in [7, 11) is 0. The standard InChI is InChI=1S/C23H31N7O3S/c1-3-12-34-23-26-20(25-11-10-14-8-6-5-7-9-14)17-21(27-23)30(29-28-17)16-13-15(18(31)19(16)32)22(33)24-4-2/h5-9,15-16,18-19,31-32H,3-4,10-13H2,1-2H3,(H,24,33)(H,25,26,27)/t15-,16?,18?,19?/m0/s1. The number of hydrogen-bond acceptors (Lipinski definition) is 9. The first-order valence-corrected chi connectivity index (χ1v) is 12.7. The van der Waals surface area contributed by atoms with E-state index in [0.717, 1.165) is 18.6 Å². The Balaban J connectivity index is 1.62. The third-order valence-corrected chi connectivity index (χ3v) is 6.99. The zero-order valence-electron chi connectivity index (χ0n) is 19.4. The van der Waals surface area contributed by atoms with E-state index in [9.17, 15) is 15.0 Å². The summed E-state index contributed by atoms with van der Waals surface area (Å²) in [5.74, 6) is 0.441. The minimum atomic E-state index is -1.19. The van der Waals surface area contributed by atoms with Crippen LogP contribution in [0, 0.1) is 5.92 Å². The lowest BCUT2D eigenvalue weighted by Crippen LogP contribution is -2.38. The Morgan fingerprint density at radius 3 is 2.71 bits per heavy atom. The highest BCUT2D eigenvalue weighted by Gasteiger charge is 2.47. The minimum Gasteiger partial charge on any atom is -0.390 e. The highest BCUT2D eigenvalue weighted by Crippen LogP contribution is 2.37. The summed E-state index contributed by atoms with van der Waals surface area (Å²) in [5.41, 5.74) is 2.18. The topological polar surface area (TPSA) is 138 Å². The maximum absolute atomic E-state index is 12.4. The zero-order chi connectivity index (χ0) is 24.1. The average molecular weight is 486 g/mol. The van der Waals surface area contributed by atoms with Crippen LogP contribution in [0.5, 0.6) is 0 Å². The van der Waals surface area contributed by atoms with Crippen LogP contribution in [0.15, 0.2) is 35.5 Å². The number of fused-ring (bicyclic) bond motifs is 1. The Morgan fingerprint density at radius 1 is 1.18 bits per heavy atom. The van der Waals surface area contributed by atoms with Crippen LogP contribution in [0.1, 0.15) is 38.3 Å². The number of aliphatic hydroxyl groups is 2. The number of hydrogen-bond donors (Lipinski definition) is 4. The zero-order valence-corrected chi connectivity index (χ0v) is 20.2. The molecule has 1 aliphatic carbocycles. The maximum atomic E-state index is 12.4. The molecular formula is C23H31N7O3S. The van der Waals surface area contributed by atoms with Gasteiger partial charge in [-0.15, -0.1) is 5.10 Å². The van der Waals surface area contributed by atoms with Gasteiger partial charge in [0.25, 0.3) is 0 Å². The van der Waals surface area contributed by atoms with E-state index < -0.39 is 24.2 Å². The van der Waals surface area contributed by atoms with Gasteiger partial charge in [0.15, 0.2) is 22.1 Å². The van der Waals surface area contributed by atoms with E-state index in [0.29, 0.717) is 35.2 Å². The maximum Gasteiger partial charge on any atom is 0.225 e. The van der Waals surface area contributed by atoms with Gasteiger partial charge in [-0.3, -0.25) is 4.79 Å². The molecule has 2 heterocycles. The molecule has 34 heavy (non-hydrogen) atoms. The summed E-state index contributed by atoms with van der Waals surface area (Å²) < 4.78 is 1.53. The molecule has 0 aliphatic heterocycles. The summed E-state index contributed by atoms with van der Waals surface area (Å²) in [6.45, 7) is 5.02. The largest absolute Gasteiger partial charge is 0.390 e. The lowest BCUT2D eigenvalue weighted by Gasteiger charge is -2.17. The molecule has 11 heteroatoms. The lowest BCUT2D eigenvalue weighted by molar-refractivity contribution is -0.128. The van der Waals surface area contributed by atoms with Gasteiger partial charge >= 0.3 is 0 Å². The molecule has 1 aromatic carbocycles. The van der Waals surface area contributed by atoms with Crippen LogP contribution in [-0.4, -0.2) is 72.1 Å². The van der Waals surface area contributed by atoms with Crippen LogP contribution >= 0.6 is 11.8 Å². The van der Waals surface area contributed by atoms with Gasteiger partial charge < -0.3 is 20.8 Å². The summed E-state index contributed by atoms with van der Waals surface area (Å²) in [5, 5.41) is 36.5. The van der Waals surface area contributed by atoms with Crippen LogP contribution in [0.3, 0.4) is 0 Å². The average Bonchev–Trinajstić information content (AvgIpc) is 3.39. The molecule has 0 radical (unpaired) electrons. The van der Waals surface area contributed by atoms with Gasteiger partial charge in [-0.05, 0) is 31.7 Å². The third-order valence-electron chi connectivity index (χ3n) is 5.94. The van der Waals surface area contributed by atoms with Crippen molar-refractivity contribution >= 4 is 34.7 Å². The molecule has 1 aliphatic rings. The molecule has 4 N–H and O–H groups in total. The van der Waals surface area contributed by atoms with Crippen LogP contribution in [0.25, 0.3) is 11.2 Å². The van der Waals surface area contributed by atoms with E-state index in [1.165, 1.54) is 10.2 Å². The predicted octanol–water partition coefficient (Wildman–Crippen LogP) is 1.80. The summed E-state index contributed by atoms with van der Waals surface area (Å²) in [6.07, 6.45) is -0.309. The number of benzene rings is 1. The van der Waals surface area contributed by atoms with Crippen LogP contribution in [-0.2, 0) is 11.2 Å². The van der Waals surface area contributed by atoms with Crippen molar-refractivity contribution in [2.24, 2.45) is 5.92 Å². The number of aliphatic hydroxyl groups excluding tert-OH is 2. The van der Waals surface area contributed by atoms with Crippen LogP contribution in [0.2, 0.25) is 0 Å². The predicted molar refractivity (Wildman–Crippen MR) is 131 cm³/mol. The van der Waals surface area contributed by atoms with Crippen molar-refractivity contribution in [3.63, 3.8) is 0 Å². The van der Waals surface area contributed by atoms with Crippen molar-refractivity contribution in [1.29, 1.82) is 0 Å². The normalized spacial score (nSPS) is 22.2. The van der Waals surface area contributed by atoms with Gasteiger partial charge in [0.05, 0.1) is 18.1 Å². The van der Waals surface area contributed by atoms with Gasteiger partial charge in [0, 0.05) is 18.8 Å². The molecule has 4 atom stereocenters. The van der Waals surface area contributed by atoms with Gasteiger partial charge in [-0.1, -0.05) is 54.2 Å². The quantitative estimate of drug-likeness (QED) is 0.250. The number of amides is 1. The SMILES string of the molecule is CCCSc1nc(NCCc2ccccc2)c2nnn(C3C[C@H](C(=O)NCC)C(O)C3O)c2n1. The van der Waals surface area contributed by atoms with Crippen molar-refractivity contribution in [2.45, 2.75) is 56.5 Å². The smallest absolute Gasteiger partial charge is 0.225 e. The molecule has 1 saturated carbocycles. The molecule has 2 aromatic heterocycles. The van der Waals surface area contributed by atoms with Crippen molar-refractivity contribution in [1.82, 2.24) is 30.3 Å². The molecule has 0 saturated heterocycles. The summed E-state index contributed by atoms with van der Waals surface area (Å²) in [6, 6.07) is 9.55. The number of carbonyl (C=O) groups is 1. The fourth-order valence-corrected chi connectivity index (χ4v) is 4.89. The molecule has 0 spiro atoms. The van der Waals surface area contributed by atoms with E-state index in [4.69, 9.17) is 0 Å². The Labute approximate surface area is 202 Å². The van der Waals surface area contributed by atoms with Gasteiger partial charge in [-0.2, -0.15) is 0 Å². The molecule has 1 fully saturated rings. The molecule has 0 bridgehead atoms. The van der Waals surface area contributed by atoms with Crippen LogP contribution < -0.4 is 10.6 Å². The Kier molecular flexibility index (Phi) is 7.96. The first-order valence-electron chi connectivity index (χ1n) is 11.7. The fourth-order valence-electron chi connectivity index (χ4n) is 4.20. The molecule has 1 amide bonds. The van der Waals surface area contributed by atoms with Crippen molar-refractivity contribution in [3.05, 3.63) is 35.9 Å². The Bertz CT molecular complexity index is 1110. The van der Waals surface area contributed by atoms with Crippen molar-refractivity contribution in [2.75, 3.05) is 24.2 Å². The molecule has 4 rings (SSSR count). The molecule has 3 unspecified atom stereocenters. The summed E-state index contributed by atoms with van der Waals surface area (Å²) >= 11 is 1.54. The number of rotatable bonds is 10. The number of aromatic nitrogens is 5. The van der Waals surface area contributed by atoms with E-state index in [1.807, 2.05) is 25.1 Å². The molecule has 3 aromatic rings. The van der Waals surface area contributed by atoms with Gasteiger partial charge in [0.1, 0.15) is 6.10 Å². The number of anilines is 1. The van der Waals surface area contributed by atoms with Gasteiger partial charge in [-0.25, -0.2) is 14.6 Å². The second-order valence-corrected chi connectivity index (χ2v) is 9.42. The Hall–Kier alpha value is -2.76. The fraction of sp³-hybridized carbons (Fsp3) is 0.522. The highest BCUT2D eigenvalue weighted by atomic mass is 32.2. The van der Waals surface area contributed by atoms with E-state index in [2.05, 4.69) is 50.0 Å². The first kappa shape index (κ1) is 24.4. The lowest BCUT2D eigenvalue weighted by atomic mass is 10.0. The molecular weight excluding hydrogens is 454 g/mol. The van der Waals surface area contributed by atoms with E-state index >= 15 is 0 Å². The van der Waals surface area contributed by atoms with Crippen molar-refractivity contribution < 1.29 is 15.0 Å². The highest BCUT2D eigenvalue weighted by molar-refractivity contribution is 7.99. The minimum absolute atomic E-state index is 0.241.